The highest BCUT2D eigenvalue weighted by atomic mass is 16.1. The molecular formula is C17H25N3O. The Balaban J connectivity index is 1.47. The predicted octanol–water partition coefficient (Wildman–Crippen LogP) is 2.26. The fourth-order valence-corrected chi connectivity index (χ4v) is 3.24. The Morgan fingerprint density at radius 1 is 1.19 bits per heavy atom. The number of hydrogen-bond acceptors (Lipinski definition) is 3. The Morgan fingerprint density at radius 3 is 2.81 bits per heavy atom. The molecule has 114 valence electrons. The third kappa shape index (κ3) is 3.76. The summed E-state index contributed by atoms with van der Waals surface area (Å²) in [6, 6.07) is 5.96. The molecule has 0 saturated carbocycles. The maximum atomic E-state index is 12.2. The average Bonchev–Trinajstić information content (AvgIpc) is 2.82. The summed E-state index contributed by atoms with van der Waals surface area (Å²) in [6.07, 6.45) is 6.32. The van der Waals surface area contributed by atoms with E-state index in [1.54, 1.807) is 0 Å². The van der Waals surface area contributed by atoms with Crippen LogP contribution in [0.2, 0.25) is 0 Å². The van der Waals surface area contributed by atoms with Gasteiger partial charge in [0.2, 0.25) is 0 Å². The Bertz CT molecular complexity index is 493. The van der Waals surface area contributed by atoms with Crippen LogP contribution in [0.4, 0.5) is 5.69 Å². The molecule has 0 atom stereocenters. The predicted molar refractivity (Wildman–Crippen MR) is 85.9 cm³/mol. The Morgan fingerprint density at radius 2 is 2.00 bits per heavy atom. The molecule has 1 aromatic rings. The van der Waals surface area contributed by atoms with Crippen molar-refractivity contribution in [1.29, 1.82) is 0 Å². The summed E-state index contributed by atoms with van der Waals surface area (Å²) in [4.78, 5) is 14.7. The van der Waals surface area contributed by atoms with Crippen molar-refractivity contribution in [3.8, 4) is 0 Å². The first-order chi connectivity index (χ1) is 10.3. The van der Waals surface area contributed by atoms with E-state index in [0.29, 0.717) is 0 Å². The van der Waals surface area contributed by atoms with Crippen molar-refractivity contribution >= 4 is 11.6 Å². The number of hydrogen-bond donors (Lipinski definition) is 2. The molecule has 4 heteroatoms. The number of anilines is 1. The Kier molecular flexibility index (Phi) is 4.76. The summed E-state index contributed by atoms with van der Waals surface area (Å²) in [5.74, 6) is 0.0551. The summed E-state index contributed by atoms with van der Waals surface area (Å²) in [7, 11) is 0. The zero-order chi connectivity index (χ0) is 14.5. The number of rotatable bonds is 4. The van der Waals surface area contributed by atoms with Gasteiger partial charge < -0.3 is 15.5 Å². The lowest BCUT2D eigenvalue weighted by molar-refractivity contribution is 0.0948. The molecule has 0 aliphatic carbocycles. The minimum atomic E-state index is 0.0551. The van der Waals surface area contributed by atoms with E-state index < -0.39 is 0 Å². The molecule has 0 spiro atoms. The highest BCUT2D eigenvalue weighted by Crippen LogP contribution is 2.22. The van der Waals surface area contributed by atoms with Crippen LogP contribution in [0.1, 0.15) is 41.6 Å². The van der Waals surface area contributed by atoms with Crippen LogP contribution in [0, 0.1) is 0 Å². The third-order valence-electron chi connectivity index (χ3n) is 4.49. The van der Waals surface area contributed by atoms with E-state index in [1.807, 2.05) is 18.2 Å². The summed E-state index contributed by atoms with van der Waals surface area (Å²) in [5.41, 5.74) is 3.22. The van der Waals surface area contributed by atoms with E-state index in [9.17, 15) is 4.79 Å². The van der Waals surface area contributed by atoms with Gasteiger partial charge in [-0.15, -0.1) is 0 Å². The van der Waals surface area contributed by atoms with Crippen LogP contribution in [-0.2, 0) is 6.42 Å². The lowest BCUT2D eigenvalue weighted by Gasteiger charge is -2.19. The first-order valence-corrected chi connectivity index (χ1v) is 8.20. The van der Waals surface area contributed by atoms with Crippen molar-refractivity contribution in [2.75, 3.05) is 38.0 Å². The van der Waals surface area contributed by atoms with Crippen molar-refractivity contribution in [2.24, 2.45) is 0 Å². The quantitative estimate of drug-likeness (QED) is 0.893. The van der Waals surface area contributed by atoms with E-state index in [-0.39, 0.29) is 5.91 Å². The zero-order valence-electron chi connectivity index (χ0n) is 12.7. The van der Waals surface area contributed by atoms with Crippen LogP contribution in [-0.4, -0.2) is 43.5 Å². The minimum Gasteiger partial charge on any atom is -0.384 e. The monoisotopic (exact) mass is 287 g/mol. The fourth-order valence-electron chi connectivity index (χ4n) is 3.24. The van der Waals surface area contributed by atoms with Crippen molar-refractivity contribution < 1.29 is 4.79 Å². The Hall–Kier alpha value is -1.55. The van der Waals surface area contributed by atoms with Crippen LogP contribution >= 0.6 is 0 Å². The van der Waals surface area contributed by atoms with Crippen molar-refractivity contribution in [3.05, 3.63) is 29.3 Å². The van der Waals surface area contributed by atoms with E-state index in [2.05, 4.69) is 15.5 Å². The number of nitrogens with one attached hydrogen (secondary N) is 2. The summed E-state index contributed by atoms with van der Waals surface area (Å²) >= 11 is 0. The first kappa shape index (κ1) is 14.4. The molecule has 2 heterocycles. The molecule has 2 aliphatic heterocycles. The Labute approximate surface area is 126 Å². The smallest absolute Gasteiger partial charge is 0.251 e. The first-order valence-electron chi connectivity index (χ1n) is 8.20. The van der Waals surface area contributed by atoms with Crippen LogP contribution in [0.25, 0.3) is 0 Å². The third-order valence-corrected chi connectivity index (χ3v) is 4.49. The van der Waals surface area contributed by atoms with Gasteiger partial charge in [-0.2, -0.15) is 0 Å². The lowest BCUT2D eigenvalue weighted by Crippen LogP contribution is -2.35. The molecule has 4 nitrogen and oxygen atoms in total. The lowest BCUT2D eigenvalue weighted by atomic mass is 10.1. The molecule has 1 amide bonds. The molecular weight excluding hydrogens is 262 g/mol. The summed E-state index contributed by atoms with van der Waals surface area (Å²) < 4.78 is 0. The SMILES string of the molecule is O=C(NCCN1CCCCCC1)c1ccc2c(c1)CCN2. The van der Waals surface area contributed by atoms with Crippen LogP contribution in [0.5, 0.6) is 0 Å². The standard InChI is InChI=1S/C17H25N3O/c21-17(15-5-6-16-14(13-15)7-8-18-16)19-9-12-20-10-3-1-2-4-11-20/h5-6,13,18H,1-4,7-12H2,(H,19,21). The molecule has 3 rings (SSSR count). The van der Waals surface area contributed by atoms with Crippen LogP contribution < -0.4 is 10.6 Å². The molecule has 0 unspecified atom stereocenters. The molecule has 2 aliphatic rings. The summed E-state index contributed by atoms with van der Waals surface area (Å²) in [6.45, 7) is 5.06. The number of fused-ring (bicyclic) bond motifs is 1. The number of carbonyl (C=O) groups excluding carboxylic acids is 1. The van der Waals surface area contributed by atoms with Gasteiger partial charge in [0, 0.05) is 30.9 Å². The fraction of sp³-hybridized carbons (Fsp3) is 0.588. The van der Waals surface area contributed by atoms with Gasteiger partial charge in [-0.3, -0.25) is 4.79 Å². The number of nitrogens with zero attached hydrogens (tertiary/aromatic N) is 1. The topological polar surface area (TPSA) is 44.4 Å². The van der Waals surface area contributed by atoms with Gasteiger partial charge in [-0.05, 0) is 56.1 Å². The second kappa shape index (κ2) is 6.94. The molecule has 2 N–H and O–H groups in total. The minimum absolute atomic E-state index is 0.0551. The highest BCUT2D eigenvalue weighted by molar-refractivity contribution is 5.95. The van der Waals surface area contributed by atoms with Gasteiger partial charge in [0.25, 0.3) is 5.91 Å². The van der Waals surface area contributed by atoms with E-state index in [1.165, 1.54) is 50.0 Å². The molecule has 1 saturated heterocycles. The maximum Gasteiger partial charge on any atom is 0.251 e. The second-order valence-electron chi connectivity index (χ2n) is 6.06. The van der Waals surface area contributed by atoms with Gasteiger partial charge in [-0.25, -0.2) is 0 Å². The zero-order valence-corrected chi connectivity index (χ0v) is 12.7. The van der Waals surface area contributed by atoms with E-state index in [4.69, 9.17) is 0 Å². The van der Waals surface area contributed by atoms with Gasteiger partial charge in [0.05, 0.1) is 0 Å². The average molecular weight is 287 g/mol. The number of benzene rings is 1. The summed E-state index contributed by atoms with van der Waals surface area (Å²) in [5, 5.41) is 6.38. The van der Waals surface area contributed by atoms with Crippen LogP contribution in [0.15, 0.2) is 18.2 Å². The highest BCUT2D eigenvalue weighted by Gasteiger charge is 2.14. The molecule has 0 aromatic heterocycles. The molecule has 1 aromatic carbocycles. The normalized spacial score (nSPS) is 18.7. The number of likely N-dealkylation sites (tertiary alicyclic amines) is 1. The molecule has 1 fully saturated rings. The molecule has 0 radical (unpaired) electrons. The van der Waals surface area contributed by atoms with Crippen LogP contribution in [0.3, 0.4) is 0 Å². The number of carbonyl (C=O) groups is 1. The molecule has 0 bridgehead atoms. The largest absolute Gasteiger partial charge is 0.384 e. The van der Waals surface area contributed by atoms with Gasteiger partial charge in [0.15, 0.2) is 0 Å². The number of amides is 1. The van der Waals surface area contributed by atoms with E-state index >= 15 is 0 Å². The van der Waals surface area contributed by atoms with Crippen molar-refractivity contribution in [2.45, 2.75) is 32.1 Å². The van der Waals surface area contributed by atoms with Gasteiger partial charge in [-0.1, -0.05) is 12.8 Å². The van der Waals surface area contributed by atoms with Crippen molar-refractivity contribution in [3.63, 3.8) is 0 Å². The van der Waals surface area contributed by atoms with E-state index in [0.717, 1.165) is 31.6 Å². The second-order valence-corrected chi connectivity index (χ2v) is 6.06. The maximum absolute atomic E-state index is 12.2. The van der Waals surface area contributed by atoms with Crippen molar-refractivity contribution in [1.82, 2.24) is 10.2 Å². The van der Waals surface area contributed by atoms with Gasteiger partial charge >= 0.3 is 0 Å². The van der Waals surface area contributed by atoms with Gasteiger partial charge in [0.1, 0.15) is 0 Å². The molecule has 21 heavy (non-hydrogen) atoms.